The first-order valence-corrected chi connectivity index (χ1v) is 5.90. The van der Waals surface area contributed by atoms with Crippen LogP contribution in [0.3, 0.4) is 0 Å². The number of anilines is 1. The SMILES string of the molecule is C=O.COc1ccc(-n2cc(NC(N)=O)c(C(N)=O)n2)cc1. The van der Waals surface area contributed by atoms with Gasteiger partial charge in [-0.15, -0.1) is 0 Å². The Hall–Kier alpha value is -3.36. The van der Waals surface area contributed by atoms with E-state index in [0.717, 1.165) is 0 Å². The maximum atomic E-state index is 11.3. The molecule has 1 aromatic heterocycles. The van der Waals surface area contributed by atoms with Gasteiger partial charge in [-0.05, 0) is 24.3 Å². The molecule has 3 amide bonds. The molecule has 0 fully saturated rings. The Kier molecular flexibility index (Phi) is 5.64. The van der Waals surface area contributed by atoms with Crippen molar-refractivity contribution in [1.82, 2.24) is 9.78 Å². The summed E-state index contributed by atoms with van der Waals surface area (Å²) >= 11 is 0. The largest absolute Gasteiger partial charge is 0.497 e. The van der Waals surface area contributed by atoms with Crippen LogP contribution < -0.4 is 21.5 Å². The molecule has 0 saturated heterocycles. The first kappa shape index (κ1) is 16.7. The predicted octanol–water partition coefficient (Wildman–Crippen LogP) is 0.285. The number of primary amides is 2. The Morgan fingerprint density at radius 2 is 1.82 bits per heavy atom. The molecule has 0 aliphatic carbocycles. The fourth-order valence-electron chi connectivity index (χ4n) is 1.65. The van der Waals surface area contributed by atoms with Crippen LogP contribution in [-0.4, -0.2) is 35.6 Å². The van der Waals surface area contributed by atoms with Crippen molar-refractivity contribution in [2.24, 2.45) is 11.5 Å². The van der Waals surface area contributed by atoms with Crippen LogP contribution >= 0.6 is 0 Å². The van der Waals surface area contributed by atoms with Gasteiger partial charge in [-0.2, -0.15) is 5.10 Å². The van der Waals surface area contributed by atoms with E-state index in [1.54, 1.807) is 31.4 Å². The smallest absolute Gasteiger partial charge is 0.316 e. The van der Waals surface area contributed by atoms with E-state index >= 15 is 0 Å². The van der Waals surface area contributed by atoms with Gasteiger partial charge in [0.2, 0.25) is 0 Å². The first-order chi connectivity index (χ1) is 10.5. The zero-order valence-corrected chi connectivity index (χ0v) is 11.8. The van der Waals surface area contributed by atoms with Crippen molar-refractivity contribution in [3.05, 3.63) is 36.2 Å². The number of ether oxygens (including phenoxy) is 1. The molecule has 5 N–H and O–H groups in total. The Morgan fingerprint density at radius 1 is 1.23 bits per heavy atom. The lowest BCUT2D eigenvalue weighted by atomic mass is 10.3. The van der Waals surface area contributed by atoms with Crippen LogP contribution in [0.2, 0.25) is 0 Å². The van der Waals surface area contributed by atoms with Crippen molar-refractivity contribution in [2.75, 3.05) is 12.4 Å². The molecule has 0 spiro atoms. The molecule has 9 nitrogen and oxygen atoms in total. The number of aromatic nitrogens is 2. The minimum absolute atomic E-state index is 0.0698. The molecule has 0 aliphatic rings. The van der Waals surface area contributed by atoms with Crippen LogP contribution in [0.15, 0.2) is 30.5 Å². The first-order valence-electron chi connectivity index (χ1n) is 5.90. The lowest BCUT2D eigenvalue weighted by molar-refractivity contribution is -0.0980. The Balaban J connectivity index is 0.00000116. The van der Waals surface area contributed by atoms with E-state index in [1.165, 1.54) is 10.9 Å². The van der Waals surface area contributed by atoms with Gasteiger partial charge in [0.05, 0.1) is 24.7 Å². The van der Waals surface area contributed by atoms with Crippen molar-refractivity contribution in [3.63, 3.8) is 0 Å². The Labute approximate surface area is 125 Å². The van der Waals surface area contributed by atoms with Gasteiger partial charge in [-0.3, -0.25) is 4.79 Å². The average Bonchev–Trinajstić information content (AvgIpc) is 2.92. The summed E-state index contributed by atoms with van der Waals surface area (Å²) in [4.78, 5) is 30.2. The number of nitrogens with two attached hydrogens (primary N) is 2. The fourth-order valence-corrected chi connectivity index (χ4v) is 1.65. The molecule has 22 heavy (non-hydrogen) atoms. The van der Waals surface area contributed by atoms with Crippen LogP contribution in [0.25, 0.3) is 5.69 Å². The van der Waals surface area contributed by atoms with E-state index < -0.39 is 11.9 Å². The fraction of sp³-hybridized carbons (Fsp3) is 0.0769. The summed E-state index contributed by atoms with van der Waals surface area (Å²) in [5.41, 5.74) is 11.0. The zero-order chi connectivity index (χ0) is 16.7. The summed E-state index contributed by atoms with van der Waals surface area (Å²) in [6.45, 7) is 2.00. The number of methoxy groups -OCH3 is 1. The van der Waals surface area contributed by atoms with Crippen LogP contribution in [0.1, 0.15) is 10.5 Å². The van der Waals surface area contributed by atoms with Crippen LogP contribution in [-0.2, 0) is 4.79 Å². The molecule has 0 aliphatic heterocycles. The van der Waals surface area contributed by atoms with Crippen molar-refractivity contribution < 1.29 is 19.1 Å². The lowest BCUT2D eigenvalue weighted by Gasteiger charge is -2.02. The molecular formula is C13H15N5O4. The molecule has 9 heteroatoms. The van der Waals surface area contributed by atoms with Crippen molar-refractivity contribution in [3.8, 4) is 11.4 Å². The normalized spacial score (nSPS) is 9.32. The molecular weight excluding hydrogens is 290 g/mol. The highest BCUT2D eigenvalue weighted by atomic mass is 16.5. The maximum Gasteiger partial charge on any atom is 0.316 e. The van der Waals surface area contributed by atoms with Gasteiger partial charge in [-0.25, -0.2) is 9.48 Å². The number of benzene rings is 1. The van der Waals surface area contributed by atoms with E-state index in [9.17, 15) is 9.59 Å². The number of hydrogen-bond donors (Lipinski definition) is 3. The Bertz CT molecular complexity index is 666. The number of nitrogens with zero attached hydrogens (tertiary/aromatic N) is 2. The predicted molar refractivity (Wildman–Crippen MR) is 79.0 cm³/mol. The van der Waals surface area contributed by atoms with E-state index in [1.807, 2.05) is 6.79 Å². The zero-order valence-electron chi connectivity index (χ0n) is 11.8. The second-order valence-electron chi connectivity index (χ2n) is 3.89. The molecule has 116 valence electrons. The molecule has 2 rings (SSSR count). The molecule has 1 heterocycles. The quantitative estimate of drug-likeness (QED) is 0.743. The van der Waals surface area contributed by atoms with Crippen molar-refractivity contribution in [1.29, 1.82) is 0 Å². The molecule has 0 saturated carbocycles. The molecule has 0 atom stereocenters. The summed E-state index contributed by atoms with van der Waals surface area (Å²) in [5, 5.41) is 6.32. The van der Waals surface area contributed by atoms with Crippen LogP contribution in [0.5, 0.6) is 5.75 Å². The number of nitrogens with one attached hydrogen (secondary N) is 1. The van der Waals surface area contributed by atoms with Gasteiger partial charge in [0.1, 0.15) is 12.5 Å². The highest BCUT2D eigenvalue weighted by molar-refractivity contribution is 6.00. The average molecular weight is 305 g/mol. The minimum Gasteiger partial charge on any atom is -0.497 e. The number of urea groups is 1. The monoisotopic (exact) mass is 305 g/mol. The van der Waals surface area contributed by atoms with Crippen LogP contribution in [0, 0.1) is 0 Å². The highest BCUT2D eigenvalue weighted by Gasteiger charge is 2.16. The second-order valence-corrected chi connectivity index (χ2v) is 3.89. The molecule has 0 bridgehead atoms. The number of carbonyl (C=O) groups excluding carboxylic acids is 3. The van der Waals surface area contributed by atoms with Gasteiger partial charge in [0, 0.05) is 0 Å². The molecule has 1 aromatic carbocycles. The number of amides is 3. The van der Waals surface area contributed by atoms with Gasteiger partial charge in [-0.1, -0.05) is 0 Å². The Morgan fingerprint density at radius 3 is 2.27 bits per heavy atom. The van der Waals surface area contributed by atoms with Gasteiger partial charge in [0.15, 0.2) is 5.69 Å². The van der Waals surface area contributed by atoms with Gasteiger partial charge >= 0.3 is 6.03 Å². The summed E-state index contributed by atoms with van der Waals surface area (Å²) in [5.74, 6) is -0.0764. The number of carbonyl (C=O) groups is 3. The second kappa shape index (κ2) is 7.43. The van der Waals surface area contributed by atoms with E-state index in [-0.39, 0.29) is 11.4 Å². The van der Waals surface area contributed by atoms with Gasteiger partial charge in [0.25, 0.3) is 5.91 Å². The minimum atomic E-state index is -0.804. The molecule has 0 radical (unpaired) electrons. The van der Waals surface area contributed by atoms with E-state index in [2.05, 4.69) is 10.4 Å². The third kappa shape index (κ3) is 3.82. The summed E-state index contributed by atoms with van der Waals surface area (Å²) in [6, 6.07) is 6.15. The van der Waals surface area contributed by atoms with E-state index in [4.69, 9.17) is 21.0 Å². The molecule has 2 aromatic rings. The summed E-state index contributed by atoms with van der Waals surface area (Å²) in [7, 11) is 1.56. The highest BCUT2D eigenvalue weighted by Crippen LogP contribution is 2.19. The van der Waals surface area contributed by atoms with Crippen molar-refractivity contribution >= 4 is 24.4 Å². The summed E-state index contributed by atoms with van der Waals surface area (Å²) in [6.07, 6.45) is 1.45. The van der Waals surface area contributed by atoms with Crippen LogP contribution in [0.4, 0.5) is 10.5 Å². The lowest BCUT2D eigenvalue weighted by Crippen LogP contribution is -2.22. The number of rotatable bonds is 4. The summed E-state index contributed by atoms with van der Waals surface area (Å²) < 4.78 is 6.46. The van der Waals surface area contributed by atoms with E-state index in [0.29, 0.717) is 11.4 Å². The third-order valence-corrected chi connectivity index (χ3v) is 2.54. The third-order valence-electron chi connectivity index (χ3n) is 2.54. The van der Waals surface area contributed by atoms with Crippen molar-refractivity contribution in [2.45, 2.75) is 0 Å². The molecule has 0 unspecified atom stereocenters. The van der Waals surface area contributed by atoms with Gasteiger partial charge < -0.3 is 26.3 Å². The number of hydrogen-bond acceptors (Lipinski definition) is 5. The standard InChI is InChI=1S/C12H13N5O3.CH2O/c1-20-8-4-2-7(3-5-8)17-6-9(15-12(14)19)10(16-17)11(13)18;1-2/h2-6H,1H3,(H2,13,18)(H3,14,15,19);1H2. The topological polar surface area (TPSA) is 142 Å². The maximum absolute atomic E-state index is 11.3.